The van der Waals surface area contributed by atoms with Crippen LogP contribution < -0.4 is 61.8 Å². The van der Waals surface area contributed by atoms with Gasteiger partial charge in [0.25, 0.3) is 5.91 Å². The minimum Gasteiger partial charge on any atom is -0.480 e. The summed E-state index contributed by atoms with van der Waals surface area (Å²) in [6, 6.07) is -1.08. The molecule has 25 heteroatoms. The molecule has 1 aromatic carbocycles. The van der Waals surface area contributed by atoms with Crippen molar-refractivity contribution in [1.82, 2.24) is 25.8 Å². The maximum absolute atomic E-state index is 15.6. The lowest BCUT2D eigenvalue weighted by molar-refractivity contribution is -0.156. The SMILES string of the molecule is NCCCCCCCCCCC(=O)N(C(=O)[C@H](CCCN=C(N)N)NC(=O)[C@H](N)CCCN=C(N)N)[C@@H](CO)C(=O)N[C@@H](C(=O)N1[C@H](C(=O)N[C@@H](CCCN=C(N)N)C(=O)O)C[C@@H]2CCCC[C@@H]21)C1Cc2ccccc2C1. The number of unbranched alkanes of at least 4 members (excludes halogenated alkanes) is 7. The monoisotopic (exact) mass is 1080 g/mol. The Labute approximate surface area is 451 Å². The minimum absolute atomic E-state index is 0.00477. The van der Waals surface area contributed by atoms with E-state index < -0.39 is 96.2 Å². The fourth-order valence-corrected chi connectivity index (χ4v) is 10.9. The number of imide groups is 1. The molecule has 1 heterocycles. The number of guanidine groups is 3. The van der Waals surface area contributed by atoms with Gasteiger partial charge >= 0.3 is 5.97 Å². The maximum atomic E-state index is 15.6. The number of aliphatic hydroxyl groups is 1. The topological polar surface area (TPSA) is 448 Å². The summed E-state index contributed by atoms with van der Waals surface area (Å²) in [5.41, 5.74) is 46.7. The number of carboxylic acid groups (broad SMARTS) is 1. The lowest BCUT2D eigenvalue weighted by atomic mass is 9.84. The summed E-state index contributed by atoms with van der Waals surface area (Å²) in [5.74, 6) is -7.25. The van der Waals surface area contributed by atoms with Gasteiger partial charge in [0.2, 0.25) is 29.5 Å². The Morgan fingerprint density at radius 1 is 0.675 bits per heavy atom. The predicted octanol–water partition coefficient (Wildman–Crippen LogP) is -1.23. The van der Waals surface area contributed by atoms with E-state index in [9.17, 15) is 29.4 Å². The average Bonchev–Trinajstić information content (AvgIpc) is 4.01. The molecule has 0 bridgehead atoms. The van der Waals surface area contributed by atoms with Crippen LogP contribution in [0.1, 0.15) is 140 Å². The number of fused-ring (bicyclic) bond motifs is 2. The van der Waals surface area contributed by atoms with Crippen molar-refractivity contribution in [2.24, 2.45) is 72.7 Å². The third-order valence-electron chi connectivity index (χ3n) is 14.8. The first-order valence-electron chi connectivity index (χ1n) is 27.5. The molecule has 4 rings (SSSR count). The lowest BCUT2D eigenvalue weighted by Crippen LogP contribution is -2.64. The molecular formula is C52H88N16O9. The molecule has 21 N–H and O–H groups in total. The Morgan fingerprint density at radius 2 is 1.21 bits per heavy atom. The van der Waals surface area contributed by atoms with Crippen molar-refractivity contribution in [1.29, 1.82) is 0 Å². The summed E-state index contributed by atoms with van der Waals surface area (Å²) in [6.45, 7) is -0.0689. The second kappa shape index (κ2) is 32.9. The average molecular weight is 1080 g/mol. The lowest BCUT2D eigenvalue weighted by Gasteiger charge is -2.38. The van der Waals surface area contributed by atoms with Crippen molar-refractivity contribution in [3.63, 3.8) is 0 Å². The zero-order valence-electron chi connectivity index (χ0n) is 44.7. The normalized spacial score (nSPS) is 18.7. The molecule has 1 saturated carbocycles. The van der Waals surface area contributed by atoms with Gasteiger partial charge in [0.15, 0.2) is 17.9 Å². The van der Waals surface area contributed by atoms with Gasteiger partial charge < -0.3 is 76.9 Å². The molecule has 1 aromatic rings. The largest absolute Gasteiger partial charge is 0.480 e. The van der Waals surface area contributed by atoms with Crippen molar-refractivity contribution >= 4 is 59.3 Å². The van der Waals surface area contributed by atoms with Crippen LogP contribution >= 0.6 is 0 Å². The first-order chi connectivity index (χ1) is 36.9. The van der Waals surface area contributed by atoms with Crippen LogP contribution in [-0.2, 0) is 46.4 Å². The molecule has 77 heavy (non-hydrogen) atoms. The third kappa shape index (κ3) is 20.0. The molecule has 2 fully saturated rings. The van der Waals surface area contributed by atoms with Crippen LogP contribution in [0.4, 0.5) is 0 Å². The molecule has 6 amide bonds. The predicted molar refractivity (Wildman–Crippen MR) is 293 cm³/mol. The van der Waals surface area contributed by atoms with Gasteiger partial charge in [-0.2, -0.15) is 0 Å². The van der Waals surface area contributed by atoms with Gasteiger partial charge in [0, 0.05) is 32.1 Å². The van der Waals surface area contributed by atoms with Crippen LogP contribution in [0, 0.1) is 11.8 Å². The van der Waals surface area contributed by atoms with Gasteiger partial charge in [0.1, 0.15) is 30.2 Å². The van der Waals surface area contributed by atoms with E-state index in [1.54, 1.807) is 0 Å². The zero-order chi connectivity index (χ0) is 56.4. The number of nitrogens with one attached hydrogen (secondary N) is 3. The Kier molecular flexibility index (Phi) is 26.9. The number of amides is 6. The highest BCUT2D eigenvalue weighted by Gasteiger charge is 2.51. The molecule has 1 saturated heterocycles. The molecule has 0 unspecified atom stereocenters. The van der Waals surface area contributed by atoms with Crippen LogP contribution in [0.25, 0.3) is 0 Å². The van der Waals surface area contributed by atoms with Crippen molar-refractivity contribution in [2.45, 2.75) is 184 Å². The summed E-state index contributed by atoms with van der Waals surface area (Å²) in [4.78, 5) is 115. The molecule has 430 valence electrons. The third-order valence-corrected chi connectivity index (χ3v) is 14.8. The number of aliphatic carboxylic acids is 1. The highest BCUT2D eigenvalue weighted by molar-refractivity contribution is 6.04. The number of hydrogen-bond acceptors (Lipinski definition) is 13. The number of hydrogen-bond donors (Lipinski definition) is 13. The van der Waals surface area contributed by atoms with Crippen LogP contribution in [0.2, 0.25) is 0 Å². The number of carboxylic acids is 1. The van der Waals surface area contributed by atoms with E-state index in [2.05, 4.69) is 30.9 Å². The Hall–Kier alpha value is -6.60. The van der Waals surface area contributed by atoms with Gasteiger partial charge in [0.05, 0.1) is 12.6 Å². The van der Waals surface area contributed by atoms with Crippen LogP contribution in [0.15, 0.2) is 39.2 Å². The van der Waals surface area contributed by atoms with E-state index in [0.29, 0.717) is 50.0 Å². The van der Waals surface area contributed by atoms with E-state index in [0.717, 1.165) is 68.9 Å². The molecule has 0 spiro atoms. The molecular weight excluding hydrogens is 993 g/mol. The zero-order valence-corrected chi connectivity index (χ0v) is 44.7. The number of aliphatic imine (C=N–C) groups is 3. The second-order valence-corrected chi connectivity index (χ2v) is 20.6. The number of nitrogens with zero attached hydrogens (tertiary/aromatic N) is 5. The number of likely N-dealkylation sites (tertiary alicyclic amines) is 1. The van der Waals surface area contributed by atoms with Gasteiger partial charge in [-0.3, -0.25) is 48.6 Å². The number of carbonyl (C=O) groups excluding carboxylic acids is 6. The van der Waals surface area contributed by atoms with E-state index >= 15 is 14.4 Å². The first kappa shape index (κ1) is 62.9. The number of rotatable bonds is 34. The Morgan fingerprint density at radius 3 is 1.75 bits per heavy atom. The number of nitrogens with two attached hydrogens (primary N) is 8. The van der Waals surface area contributed by atoms with Crippen LogP contribution in [-0.4, -0.2) is 154 Å². The summed E-state index contributed by atoms with van der Waals surface area (Å²) in [6.07, 6.45) is 11.1. The summed E-state index contributed by atoms with van der Waals surface area (Å²) < 4.78 is 0. The number of benzene rings is 1. The number of aliphatic hydroxyl groups excluding tert-OH is 1. The summed E-state index contributed by atoms with van der Waals surface area (Å²) in [7, 11) is 0. The fraction of sp³-hybridized carbons (Fsp3) is 0.692. The van der Waals surface area contributed by atoms with Crippen LogP contribution in [0.3, 0.4) is 0 Å². The second-order valence-electron chi connectivity index (χ2n) is 20.6. The smallest absolute Gasteiger partial charge is 0.326 e. The summed E-state index contributed by atoms with van der Waals surface area (Å²) in [5, 5.41) is 29.6. The van der Waals surface area contributed by atoms with Crippen molar-refractivity contribution in [3.8, 4) is 0 Å². The van der Waals surface area contributed by atoms with Crippen molar-refractivity contribution in [3.05, 3.63) is 35.4 Å². The minimum atomic E-state index is -1.89. The first-order valence-corrected chi connectivity index (χ1v) is 27.5. The highest BCUT2D eigenvalue weighted by atomic mass is 16.4. The van der Waals surface area contributed by atoms with Gasteiger partial charge in [-0.25, -0.2) is 4.79 Å². The van der Waals surface area contributed by atoms with Crippen molar-refractivity contribution in [2.75, 3.05) is 32.8 Å². The fourth-order valence-electron chi connectivity index (χ4n) is 10.9. The Bertz CT molecular complexity index is 2180. The van der Waals surface area contributed by atoms with Gasteiger partial charge in [-0.1, -0.05) is 75.6 Å². The molecule has 0 aromatic heterocycles. The molecule has 2 aliphatic carbocycles. The molecule has 0 radical (unpaired) electrons. The molecule has 1 aliphatic heterocycles. The molecule has 3 aliphatic rings. The van der Waals surface area contributed by atoms with E-state index in [1.165, 1.54) is 4.90 Å². The van der Waals surface area contributed by atoms with Gasteiger partial charge in [-0.05, 0) is 113 Å². The van der Waals surface area contributed by atoms with Crippen molar-refractivity contribution < 1.29 is 43.8 Å². The Balaban J connectivity index is 1.72. The summed E-state index contributed by atoms with van der Waals surface area (Å²) >= 11 is 0. The van der Waals surface area contributed by atoms with E-state index in [1.807, 2.05) is 24.3 Å². The number of carbonyl (C=O) groups is 7. The molecule has 8 atom stereocenters. The molecule has 25 nitrogen and oxygen atoms in total. The maximum Gasteiger partial charge on any atom is 0.326 e. The van der Waals surface area contributed by atoms with Crippen LogP contribution in [0.5, 0.6) is 0 Å². The quantitative estimate of drug-likeness (QED) is 0.0218. The van der Waals surface area contributed by atoms with Gasteiger partial charge in [-0.15, -0.1) is 0 Å². The van der Waals surface area contributed by atoms with E-state index in [4.69, 9.17) is 45.9 Å². The standard InChI is InChI=1S/C52H88N16O9/c53-24-12-6-4-2-1-3-5-7-23-42(70)68(47(74)37(20-14-26-62-51(57)58)64-44(71)36(54)19-13-25-61-50(55)56)41(31-69)46(73)66-43(35-28-32-16-8-9-17-33(32)29-35)48(75)67-39-22-11-10-18-34(39)30-40(67)45(72)65-38(49(76)77)21-15-27-63-52(59)60/h8-9,16-17,34-41,43,69H,1-7,10-15,18-31,53-54H2,(H,64,71)(H,65,72)(H,66,73)(H,76,77)(H4,55,56,61)(H4,57,58,62)(H4,59,60,63)/t34-,36+,37-,38-,39-,40-,41-,43+/m0/s1. The highest BCUT2D eigenvalue weighted by Crippen LogP contribution is 2.41. The van der Waals surface area contributed by atoms with E-state index in [-0.39, 0.29) is 88.4 Å².